The molecule has 0 fully saturated rings. The molecule has 19 heavy (non-hydrogen) atoms. The molecule has 2 aromatic rings. The van der Waals surface area contributed by atoms with Gasteiger partial charge in [-0.3, -0.25) is 0 Å². The van der Waals surface area contributed by atoms with Crippen LogP contribution in [0.4, 0.5) is 5.69 Å². The zero-order valence-electron chi connectivity index (χ0n) is 9.81. The Labute approximate surface area is 118 Å². The van der Waals surface area contributed by atoms with E-state index < -0.39 is 5.97 Å². The number of hydrogen-bond acceptors (Lipinski definition) is 6. The maximum absolute atomic E-state index is 11.9. The van der Waals surface area contributed by atoms with Crippen LogP contribution < -0.4 is 5.73 Å². The van der Waals surface area contributed by atoms with Gasteiger partial charge < -0.3 is 10.5 Å². The summed E-state index contributed by atoms with van der Waals surface area (Å²) in [6.45, 7) is 1.61. The van der Waals surface area contributed by atoms with Crippen molar-refractivity contribution in [1.82, 2.24) is 10.3 Å². The van der Waals surface area contributed by atoms with Gasteiger partial charge in [-0.05, 0) is 19.1 Å². The highest BCUT2D eigenvalue weighted by molar-refractivity contribution is 6.44. The first-order valence-electron chi connectivity index (χ1n) is 5.18. The number of benzene rings is 1. The minimum absolute atomic E-state index is 0.0725. The van der Waals surface area contributed by atoms with Gasteiger partial charge in [-0.1, -0.05) is 33.5 Å². The molecule has 0 radical (unpaired) electrons. The van der Waals surface area contributed by atoms with Gasteiger partial charge in [0.15, 0.2) is 0 Å². The molecule has 6 nitrogen and oxygen atoms in total. The number of aryl methyl sites for hydroxylation is 1. The summed E-state index contributed by atoms with van der Waals surface area (Å²) in [6, 6.07) is 2.84. The van der Waals surface area contributed by atoms with Crippen LogP contribution in [0.2, 0.25) is 10.0 Å². The van der Waals surface area contributed by atoms with E-state index in [1.807, 2.05) is 0 Å². The van der Waals surface area contributed by atoms with Gasteiger partial charge in [0.05, 0.1) is 15.6 Å². The van der Waals surface area contributed by atoms with Crippen LogP contribution in [-0.4, -0.2) is 16.3 Å². The normalized spacial score (nSPS) is 10.5. The van der Waals surface area contributed by atoms with Crippen molar-refractivity contribution in [2.24, 2.45) is 0 Å². The Morgan fingerprint density at radius 3 is 2.79 bits per heavy atom. The van der Waals surface area contributed by atoms with Gasteiger partial charge in [0.2, 0.25) is 0 Å². The van der Waals surface area contributed by atoms with Crippen LogP contribution in [0.15, 0.2) is 16.8 Å². The summed E-state index contributed by atoms with van der Waals surface area (Å²) in [5.74, 6) is -0.651. The second kappa shape index (κ2) is 5.46. The minimum atomic E-state index is -0.651. The van der Waals surface area contributed by atoms with Crippen LogP contribution in [0.5, 0.6) is 0 Å². The fourth-order valence-electron chi connectivity index (χ4n) is 1.35. The van der Waals surface area contributed by atoms with Crippen molar-refractivity contribution in [2.75, 3.05) is 5.73 Å². The Hall–Kier alpha value is -1.79. The van der Waals surface area contributed by atoms with Crippen molar-refractivity contribution in [3.63, 3.8) is 0 Å². The van der Waals surface area contributed by atoms with E-state index in [0.717, 1.165) is 0 Å². The van der Waals surface area contributed by atoms with Crippen LogP contribution in [0.3, 0.4) is 0 Å². The van der Waals surface area contributed by atoms with Crippen molar-refractivity contribution >= 4 is 34.9 Å². The summed E-state index contributed by atoms with van der Waals surface area (Å²) < 4.78 is 9.53. The van der Waals surface area contributed by atoms with Crippen molar-refractivity contribution in [1.29, 1.82) is 0 Å². The largest absolute Gasteiger partial charge is 0.455 e. The van der Waals surface area contributed by atoms with Gasteiger partial charge >= 0.3 is 5.97 Å². The zero-order valence-corrected chi connectivity index (χ0v) is 11.3. The van der Waals surface area contributed by atoms with Crippen molar-refractivity contribution in [3.8, 4) is 0 Å². The number of esters is 1. The summed E-state index contributed by atoms with van der Waals surface area (Å²) in [4.78, 5) is 11.9. The number of anilines is 1. The lowest BCUT2D eigenvalue weighted by atomic mass is 10.2. The number of nitrogens with two attached hydrogens (primary N) is 1. The van der Waals surface area contributed by atoms with E-state index in [1.54, 1.807) is 6.92 Å². The summed E-state index contributed by atoms with van der Waals surface area (Å²) >= 11 is 11.7. The van der Waals surface area contributed by atoms with Crippen LogP contribution in [0.1, 0.15) is 21.7 Å². The molecule has 2 rings (SSSR count). The third-order valence-corrected chi connectivity index (χ3v) is 3.16. The molecule has 1 aromatic heterocycles. The SMILES string of the molecule is Cc1nonc1COC(=O)c1cc(N)cc(Cl)c1Cl. The Kier molecular flexibility index (Phi) is 3.92. The lowest BCUT2D eigenvalue weighted by molar-refractivity contribution is 0.0463. The van der Waals surface area contributed by atoms with Crippen LogP contribution in [0, 0.1) is 6.92 Å². The average Bonchev–Trinajstić information content (AvgIpc) is 2.76. The van der Waals surface area contributed by atoms with E-state index in [-0.39, 0.29) is 22.2 Å². The molecule has 0 aliphatic rings. The van der Waals surface area contributed by atoms with E-state index in [9.17, 15) is 4.79 Å². The van der Waals surface area contributed by atoms with E-state index in [4.69, 9.17) is 33.7 Å². The highest BCUT2D eigenvalue weighted by Crippen LogP contribution is 2.29. The predicted octanol–water partition coefficient (Wildman–Crippen LogP) is 2.62. The minimum Gasteiger partial charge on any atom is -0.455 e. The molecule has 1 heterocycles. The number of nitrogen functional groups attached to an aromatic ring is 1. The van der Waals surface area contributed by atoms with E-state index in [1.165, 1.54) is 12.1 Å². The Bertz CT molecular complexity index is 628. The van der Waals surface area contributed by atoms with Gasteiger partial charge in [-0.25, -0.2) is 9.42 Å². The lowest BCUT2D eigenvalue weighted by Crippen LogP contribution is -2.07. The molecule has 0 spiro atoms. The molecule has 100 valence electrons. The first-order valence-corrected chi connectivity index (χ1v) is 5.94. The third-order valence-electron chi connectivity index (χ3n) is 2.36. The van der Waals surface area contributed by atoms with Gasteiger partial charge in [-0.2, -0.15) is 0 Å². The monoisotopic (exact) mass is 301 g/mol. The average molecular weight is 302 g/mol. The summed E-state index contributed by atoms with van der Waals surface area (Å²) in [5, 5.41) is 7.44. The molecule has 0 bridgehead atoms. The highest BCUT2D eigenvalue weighted by atomic mass is 35.5. The first kappa shape index (κ1) is 13.6. The molecule has 0 aliphatic carbocycles. The zero-order chi connectivity index (χ0) is 14.0. The topological polar surface area (TPSA) is 91.2 Å². The second-order valence-electron chi connectivity index (χ2n) is 3.74. The van der Waals surface area contributed by atoms with Crippen LogP contribution in [0.25, 0.3) is 0 Å². The Morgan fingerprint density at radius 1 is 1.42 bits per heavy atom. The van der Waals surface area contributed by atoms with Gasteiger partial charge in [-0.15, -0.1) is 0 Å². The number of carbonyl (C=O) groups is 1. The van der Waals surface area contributed by atoms with Gasteiger partial charge in [0.25, 0.3) is 0 Å². The number of hydrogen-bond donors (Lipinski definition) is 1. The molecular formula is C11H9Cl2N3O3. The van der Waals surface area contributed by atoms with Crippen LogP contribution >= 0.6 is 23.2 Å². The second-order valence-corrected chi connectivity index (χ2v) is 4.52. The Morgan fingerprint density at radius 2 is 2.16 bits per heavy atom. The van der Waals surface area contributed by atoms with E-state index in [0.29, 0.717) is 17.1 Å². The fraction of sp³-hybridized carbons (Fsp3) is 0.182. The molecule has 0 aliphatic heterocycles. The molecule has 8 heteroatoms. The summed E-state index contributed by atoms with van der Waals surface area (Å²) in [7, 11) is 0. The van der Waals surface area contributed by atoms with Gasteiger partial charge in [0.1, 0.15) is 18.0 Å². The molecule has 0 saturated heterocycles. The predicted molar refractivity (Wildman–Crippen MR) is 69.0 cm³/mol. The van der Waals surface area contributed by atoms with Crippen molar-refractivity contribution < 1.29 is 14.2 Å². The molecule has 0 saturated carbocycles. The number of rotatable bonds is 3. The lowest BCUT2D eigenvalue weighted by Gasteiger charge is -2.07. The molecule has 0 amide bonds. The number of carbonyl (C=O) groups excluding carboxylic acids is 1. The fourth-order valence-corrected chi connectivity index (χ4v) is 1.76. The number of aromatic nitrogens is 2. The van der Waals surface area contributed by atoms with E-state index >= 15 is 0 Å². The third kappa shape index (κ3) is 2.97. The summed E-state index contributed by atoms with van der Waals surface area (Å²) in [6.07, 6.45) is 0. The number of nitrogens with zero attached hydrogens (tertiary/aromatic N) is 2. The quantitative estimate of drug-likeness (QED) is 0.692. The molecule has 0 unspecified atom stereocenters. The van der Waals surface area contributed by atoms with Gasteiger partial charge in [0, 0.05) is 5.69 Å². The Balaban J connectivity index is 2.15. The van der Waals surface area contributed by atoms with Crippen molar-refractivity contribution in [3.05, 3.63) is 39.1 Å². The molecular weight excluding hydrogens is 293 g/mol. The summed E-state index contributed by atoms with van der Waals surface area (Å²) in [5.41, 5.74) is 6.99. The maximum Gasteiger partial charge on any atom is 0.340 e. The first-order chi connectivity index (χ1) is 8.99. The number of ether oxygens (including phenoxy) is 1. The standard InChI is InChI=1S/C11H9Cl2N3O3/c1-5-9(16-19-15-5)4-18-11(17)7-2-6(14)3-8(12)10(7)13/h2-3H,4,14H2,1H3. The highest BCUT2D eigenvalue weighted by Gasteiger charge is 2.17. The molecule has 1 aromatic carbocycles. The van der Waals surface area contributed by atoms with Crippen LogP contribution in [-0.2, 0) is 11.3 Å². The number of halogens is 2. The van der Waals surface area contributed by atoms with E-state index in [2.05, 4.69) is 14.9 Å². The smallest absolute Gasteiger partial charge is 0.340 e. The molecule has 2 N–H and O–H groups in total. The van der Waals surface area contributed by atoms with Crippen molar-refractivity contribution in [2.45, 2.75) is 13.5 Å². The molecule has 0 atom stereocenters. The maximum atomic E-state index is 11.9.